The van der Waals surface area contributed by atoms with Gasteiger partial charge in [-0.1, -0.05) is 60.7 Å². The molecule has 0 radical (unpaired) electrons. The van der Waals surface area contributed by atoms with Crippen LogP contribution in [0.1, 0.15) is 30.4 Å². The van der Waals surface area contributed by atoms with Crippen molar-refractivity contribution in [3.8, 4) is 0 Å². The zero-order valence-corrected chi connectivity index (χ0v) is 19.7. The van der Waals surface area contributed by atoms with E-state index in [0.29, 0.717) is 32.2 Å². The largest absolute Gasteiger partial charge is 0.390 e. The van der Waals surface area contributed by atoms with Crippen molar-refractivity contribution in [2.24, 2.45) is 17.3 Å². The molecule has 6 heteroatoms. The van der Waals surface area contributed by atoms with Crippen molar-refractivity contribution in [2.75, 3.05) is 6.61 Å². The summed E-state index contributed by atoms with van der Waals surface area (Å²) in [4.78, 5) is 0. The Hall–Kier alpha value is -1.80. The molecule has 7 fully saturated rings. The van der Waals surface area contributed by atoms with E-state index in [0.717, 1.165) is 18.4 Å². The van der Waals surface area contributed by atoms with Crippen LogP contribution in [-0.2, 0) is 36.9 Å². The Kier molecular flexibility index (Phi) is 4.63. The third kappa shape index (κ3) is 2.81. The maximum atomic E-state index is 11.6. The van der Waals surface area contributed by atoms with Crippen LogP contribution in [0.4, 0.5) is 0 Å². The first-order valence-corrected chi connectivity index (χ1v) is 13.1. The van der Waals surface area contributed by atoms with Crippen molar-refractivity contribution in [3.63, 3.8) is 0 Å². The number of fused-ring (bicyclic) bond motifs is 6. The molecule has 35 heavy (non-hydrogen) atoms. The molecule has 2 aromatic rings. The third-order valence-electron chi connectivity index (χ3n) is 9.93. The number of aliphatic hydroxyl groups excluding tert-OH is 1. The van der Waals surface area contributed by atoms with Crippen LogP contribution in [0.2, 0.25) is 0 Å². The summed E-state index contributed by atoms with van der Waals surface area (Å²) in [6.07, 6.45) is 1.82. The van der Waals surface area contributed by atoms with Crippen LogP contribution >= 0.6 is 0 Å². The molecule has 11 atom stereocenters. The number of aliphatic hydroxyl groups is 1. The van der Waals surface area contributed by atoms with Crippen molar-refractivity contribution < 1.29 is 28.8 Å². The van der Waals surface area contributed by atoms with Gasteiger partial charge in [-0.25, -0.2) is 0 Å². The van der Waals surface area contributed by atoms with Gasteiger partial charge in [0, 0.05) is 30.1 Å². The predicted molar refractivity (Wildman–Crippen MR) is 125 cm³/mol. The van der Waals surface area contributed by atoms with Crippen molar-refractivity contribution in [1.82, 2.24) is 0 Å². The van der Waals surface area contributed by atoms with Crippen molar-refractivity contribution in [3.05, 3.63) is 71.8 Å². The Bertz CT molecular complexity index is 1090. The average molecular weight is 477 g/mol. The van der Waals surface area contributed by atoms with Gasteiger partial charge in [0.25, 0.3) is 0 Å². The minimum atomic E-state index is -0.676. The van der Waals surface area contributed by atoms with Gasteiger partial charge in [-0.05, 0) is 17.5 Å². The summed E-state index contributed by atoms with van der Waals surface area (Å²) in [5.74, 6) is 0.512. The fourth-order valence-electron chi connectivity index (χ4n) is 8.69. The quantitative estimate of drug-likeness (QED) is 0.691. The van der Waals surface area contributed by atoms with E-state index in [1.54, 1.807) is 0 Å². The van der Waals surface area contributed by atoms with E-state index in [4.69, 9.17) is 23.7 Å². The van der Waals surface area contributed by atoms with E-state index < -0.39 is 11.7 Å². The van der Waals surface area contributed by atoms with Gasteiger partial charge >= 0.3 is 0 Å². The molecular weight excluding hydrogens is 444 g/mol. The molecule has 6 aliphatic heterocycles. The lowest BCUT2D eigenvalue weighted by Gasteiger charge is -2.64. The van der Waals surface area contributed by atoms with Gasteiger partial charge < -0.3 is 28.8 Å². The average Bonchev–Trinajstić information content (AvgIpc) is 3.66. The summed E-state index contributed by atoms with van der Waals surface area (Å²) in [5.41, 5.74) is 1.46. The summed E-state index contributed by atoms with van der Waals surface area (Å²) in [7, 11) is 0. The zero-order valence-electron chi connectivity index (χ0n) is 19.7. The van der Waals surface area contributed by atoms with E-state index in [1.165, 1.54) is 5.56 Å². The van der Waals surface area contributed by atoms with Crippen molar-refractivity contribution in [1.29, 1.82) is 0 Å². The van der Waals surface area contributed by atoms with Gasteiger partial charge in [0.15, 0.2) is 0 Å². The molecular formula is C29H32O6. The van der Waals surface area contributed by atoms with Gasteiger partial charge in [0.2, 0.25) is 0 Å². The molecule has 1 saturated carbocycles. The Morgan fingerprint density at radius 1 is 0.771 bits per heavy atom. The molecule has 6 heterocycles. The Balaban J connectivity index is 1.03. The van der Waals surface area contributed by atoms with Crippen LogP contribution in [0.5, 0.6) is 0 Å². The maximum Gasteiger partial charge on any atom is 0.128 e. The summed E-state index contributed by atoms with van der Waals surface area (Å²) >= 11 is 0. The standard InChI is InChI=1S/C29H32O6/c30-23-13-28-16-33-29(23)25(20-12-22(27(29)35-20)32-15-18-9-5-2-6-10-18)24(28)19-11-21(26(28)34-19)31-14-17-7-3-1-4-8-17/h1-10,19-27,30H,11-16H2/t19-,20-,21-,22-,23+,24+,25+,26+,27+,28+,29-/m1/s1. The molecule has 6 saturated heterocycles. The Morgan fingerprint density at radius 3 is 1.97 bits per heavy atom. The minimum absolute atomic E-state index is 0.0292. The first-order valence-electron chi connectivity index (χ1n) is 13.1. The molecule has 0 unspecified atom stereocenters. The monoisotopic (exact) mass is 476 g/mol. The van der Waals surface area contributed by atoms with Crippen LogP contribution in [0.15, 0.2) is 60.7 Å². The van der Waals surface area contributed by atoms with E-state index in [9.17, 15) is 5.11 Å². The molecule has 6 bridgehead atoms. The van der Waals surface area contributed by atoms with Crippen LogP contribution in [0.25, 0.3) is 0 Å². The molecule has 2 spiro atoms. The molecule has 0 aromatic heterocycles. The van der Waals surface area contributed by atoms with E-state index in [2.05, 4.69) is 24.3 Å². The summed E-state index contributed by atoms with van der Waals surface area (Å²) < 4.78 is 32.6. The fraction of sp³-hybridized carbons (Fsp3) is 0.586. The van der Waals surface area contributed by atoms with Gasteiger partial charge in [0.05, 0.1) is 56.4 Å². The molecule has 1 aliphatic carbocycles. The Labute approximate surface area is 205 Å². The first-order chi connectivity index (χ1) is 17.2. The first kappa shape index (κ1) is 21.3. The molecule has 9 rings (SSSR count). The highest BCUT2D eigenvalue weighted by atomic mass is 16.6. The van der Waals surface area contributed by atoms with Crippen LogP contribution < -0.4 is 0 Å². The highest BCUT2D eigenvalue weighted by Gasteiger charge is 2.82. The van der Waals surface area contributed by atoms with E-state index in [1.807, 2.05) is 36.4 Å². The third-order valence-corrected chi connectivity index (χ3v) is 9.93. The molecule has 6 nitrogen and oxygen atoms in total. The predicted octanol–water partition coefficient (Wildman–Crippen LogP) is 3.25. The van der Waals surface area contributed by atoms with E-state index in [-0.39, 0.29) is 48.0 Å². The van der Waals surface area contributed by atoms with Crippen LogP contribution in [0.3, 0.4) is 0 Å². The number of rotatable bonds is 6. The topological polar surface area (TPSA) is 66.4 Å². The van der Waals surface area contributed by atoms with Gasteiger partial charge in [-0.15, -0.1) is 0 Å². The van der Waals surface area contributed by atoms with Crippen LogP contribution in [0, 0.1) is 17.3 Å². The Morgan fingerprint density at radius 2 is 1.34 bits per heavy atom. The van der Waals surface area contributed by atoms with Gasteiger partial charge in [0.1, 0.15) is 11.7 Å². The lowest BCUT2D eigenvalue weighted by Crippen LogP contribution is -2.76. The molecule has 2 aromatic carbocycles. The fourth-order valence-corrected chi connectivity index (χ4v) is 8.69. The molecule has 0 amide bonds. The van der Waals surface area contributed by atoms with E-state index >= 15 is 0 Å². The number of hydrogen-bond acceptors (Lipinski definition) is 6. The SMILES string of the molecule is O[C@H]1C[C@]23CO[C@@]14[C@H]([C@@H]2[C@H]1C[C@@H](OCc2ccccc2)[C@@H]3O1)[C@H]1C[C@@H](OCc2ccccc2)[C@@H]4O1. The maximum absolute atomic E-state index is 11.6. The normalized spacial score (nSPS) is 48.3. The molecule has 7 aliphatic rings. The minimum Gasteiger partial charge on any atom is -0.390 e. The lowest BCUT2D eigenvalue weighted by atomic mass is 9.46. The van der Waals surface area contributed by atoms with Crippen LogP contribution in [-0.4, -0.2) is 60.0 Å². The summed E-state index contributed by atoms with van der Waals surface area (Å²) in [6, 6.07) is 20.6. The summed E-state index contributed by atoms with van der Waals surface area (Å²) in [6.45, 7) is 1.75. The number of benzene rings is 2. The van der Waals surface area contributed by atoms with Crippen molar-refractivity contribution in [2.45, 2.75) is 80.8 Å². The second-order valence-electron chi connectivity index (χ2n) is 11.5. The molecule has 1 N–H and O–H groups in total. The highest BCUT2D eigenvalue weighted by molar-refractivity contribution is 5.30. The second kappa shape index (κ2) is 7.60. The highest BCUT2D eigenvalue weighted by Crippen LogP contribution is 2.72. The zero-order chi connectivity index (χ0) is 23.2. The lowest BCUT2D eigenvalue weighted by molar-refractivity contribution is -0.314. The van der Waals surface area contributed by atoms with Crippen molar-refractivity contribution >= 4 is 0 Å². The van der Waals surface area contributed by atoms with Gasteiger partial charge in [-0.2, -0.15) is 0 Å². The molecule has 184 valence electrons. The summed E-state index contributed by atoms with van der Waals surface area (Å²) in [5, 5.41) is 11.6. The second-order valence-corrected chi connectivity index (χ2v) is 11.5. The number of hydrogen-bond donors (Lipinski definition) is 1. The van der Waals surface area contributed by atoms with Gasteiger partial charge in [-0.3, -0.25) is 0 Å². The smallest absolute Gasteiger partial charge is 0.128 e. The number of ether oxygens (including phenoxy) is 5.